The van der Waals surface area contributed by atoms with E-state index < -0.39 is 23.9 Å². The molecule has 0 aliphatic heterocycles. The van der Waals surface area contributed by atoms with E-state index in [4.69, 9.17) is 27.4 Å². The van der Waals surface area contributed by atoms with E-state index in [0.29, 0.717) is 36.1 Å². The number of guanidine groups is 1. The Balaban J connectivity index is 0.000000348. The van der Waals surface area contributed by atoms with Crippen LogP contribution in [0.25, 0.3) is 0 Å². The van der Waals surface area contributed by atoms with Crippen molar-refractivity contribution in [3.63, 3.8) is 0 Å². The molecule has 9 nitrogen and oxygen atoms in total. The first kappa shape index (κ1) is 25.3. The number of nitrogens with zero attached hydrogens (tertiary/aromatic N) is 1. The zero-order chi connectivity index (χ0) is 23.4. The first-order chi connectivity index (χ1) is 14.6. The van der Waals surface area contributed by atoms with Crippen molar-refractivity contribution in [1.29, 1.82) is 0 Å². The van der Waals surface area contributed by atoms with Crippen LogP contribution < -0.4 is 17.2 Å². The summed E-state index contributed by atoms with van der Waals surface area (Å²) in [6.45, 7) is 2.03. The summed E-state index contributed by atoms with van der Waals surface area (Å²) in [7, 11) is 0. The number of rotatable bonds is 9. The maximum atomic E-state index is 12.2. The van der Waals surface area contributed by atoms with E-state index in [1.165, 1.54) is 0 Å². The van der Waals surface area contributed by atoms with Gasteiger partial charge in [-0.2, -0.15) is 0 Å². The highest BCUT2D eigenvalue weighted by molar-refractivity contribution is 6.09. The Bertz CT molecular complexity index is 911. The molecular formula is C22H28N4O5. The molecule has 2 aromatic rings. The van der Waals surface area contributed by atoms with Crippen molar-refractivity contribution in [3.8, 4) is 0 Å². The van der Waals surface area contributed by atoms with Crippen molar-refractivity contribution in [1.82, 2.24) is 0 Å². The first-order valence-corrected chi connectivity index (χ1v) is 9.59. The fraction of sp³-hybridized carbons (Fsp3) is 0.273. The molecule has 0 aliphatic carbocycles. The Morgan fingerprint density at radius 3 is 2.10 bits per heavy atom. The molecule has 1 unspecified atom stereocenters. The van der Waals surface area contributed by atoms with Gasteiger partial charge in [0.1, 0.15) is 6.04 Å². The highest BCUT2D eigenvalue weighted by Crippen LogP contribution is 2.18. The van der Waals surface area contributed by atoms with Crippen LogP contribution in [-0.4, -0.2) is 46.5 Å². The third kappa shape index (κ3) is 9.09. The molecule has 0 heterocycles. The SMILES string of the molecule is CC(C(=O)O)c1cccc(C(=O)c2ccccc2)c1.NC(N)=NCCC[C@H](N)C(=O)O. The lowest BCUT2D eigenvalue weighted by Crippen LogP contribution is -2.30. The van der Waals surface area contributed by atoms with Crippen molar-refractivity contribution in [2.24, 2.45) is 22.2 Å². The molecule has 0 radical (unpaired) electrons. The van der Waals surface area contributed by atoms with Gasteiger partial charge in [0.15, 0.2) is 11.7 Å². The lowest BCUT2D eigenvalue weighted by Gasteiger charge is -2.08. The van der Waals surface area contributed by atoms with Crippen LogP contribution in [0, 0.1) is 0 Å². The fourth-order valence-corrected chi connectivity index (χ4v) is 2.49. The number of nitrogens with two attached hydrogens (primary N) is 3. The van der Waals surface area contributed by atoms with Gasteiger partial charge in [-0.15, -0.1) is 0 Å². The zero-order valence-corrected chi connectivity index (χ0v) is 17.3. The summed E-state index contributed by atoms with van der Waals surface area (Å²) in [4.78, 5) is 37.1. The van der Waals surface area contributed by atoms with Crippen LogP contribution in [0.15, 0.2) is 59.6 Å². The maximum Gasteiger partial charge on any atom is 0.320 e. The van der Waals surface area contributed by atoms with Gasteiger partial charge < -0.3 is 27.4 Å². The minimum atomic E-state index is -1.00. The number of carboxylic acids is 2. The second-order valence-corrected chi connectivity index (χ2v) is 6.77. The van der Waals surface area contributed by atoms with E-state index >= 15 is 0 Å². The number of ketones is 1. The van der Waals surface area contributed by atoms with Crippen molar-refractivity contribution in [2.45, 2.75) is 31.7 Å². The molecule has 0 saturated carbocycles. The average Bonchev–Trinajstić information content (AvgIpc) is 2.76. The number of hydrogen-bond acceptors (Lipinski definition) is 5. The summed E-state index contributed by atoms with van der Waals surface area (Å²) < 4.78 is 0. The topological polar surface area (TPSA) is 182 Å². The zero-order valence-electron chi connectivity index (χ0n) is 17.3. The lowest BCUT2D eigenvalue weighted by atomic mass is 9.96. The summed E-state index contributed by atoms with van der Waals surface area (Å²) in [5, 5.41) is 17.4. The van der Waals surface area contributed by atoms with Gasteiger partial charge in [0, 0.05) is 17.7 Å². The molecule has 0 amide bonds. The smallest absolute Gasteiger partial charge is 0.320 e. The highest BCUT2D eigenvalue weighted by atomic mass is 16.4. The van der Waals surface area contributed by atoms with E-state index in [0.717, 1.165) is 0 Å². The predicted molar refractivity (Wildman–Crippen MR) is 118 cm³/mol. The number of carbonyl (C=O) groups is 3. The van der Waals surface area contributed by atoms with Crippen LogP contribution in [-0.2, 0) is 9.59 Å². The largest absolute Gasteiger partial charge is 0.481 e. The van der Waals surface area contributed by atoms with Crippen molar-refractivity contribution >= 4 is 23.7 Å². The van der Waals surface area contributed by atoms with Gasteiger partial charge in [0.2, 0.25) is 0 Å². The van der Waals surface area contributed by atoms with Gasteiger partial charge in [-0.1, -0.05) is 48.5 Å². The van der Waals surface area contributed by atoms with Crippen molar-refractivity contribution in [3.05, 3.63) is 71.3 Å². The molecule has 0 aromatic heterocycles. The van der Waals surface area contributed by atoms with Crippen molar-refractivity contribution in [2.75, 3.05) is 6.54 Å². The van der Waals surface area contributed by atoms with Crippen LogP contribution >= 0.6 is 0 Å². The molecule has 0 bridgehead atoms. The third-order valence-electron chi connectivity index (χ3n) is 4.34. The van der Waals surface area contributed by atoms with E-state index in [9.17, 15) is 14.4 Å². The van der Waals surface area contributed by atoms with E-state index in [1.54, 1.807) is 55.5 Å². The molecule has 2 rings (SSSR count). The van der Waals surface area contributed by atoms with Crippen molar-refractivity contribution < 1.29 is 24.6 Å². The number of aliphatic imine (C=N–C) groups is 1. The third-order valence-corrected chi connectivity index (χ3v) is 4.34. The van der Waals surface area contributed by atoms with Crippen LogP contribution in [0.3, 0.4) is 0 Å². The predicted octanol–water partition coefficient (Wildman–Crippen LogP) is 1.56. The summed E-state index contributed by atoms with van der Waals surface area (Å²) in [6, 6.07) is 14.9. The standard InChI is InChI=1S/C16H14O3.C6H14N4O2/c1-11(16(18)19)13-8-5-9-14(10-13)15(17)12-6-3-2-4-7-12;7-4(5(11)12)2-1-3-10-6(8)9/h2-11H,1H3,(H,18,19);4H,1-3,7H2,(H,11,12)(H4,8,9,10)/t;4-/m.0/s1. The van der Waals surface area contributed by atoms with E-state index in [2.05, 4.69) is 4.99 Å². The van der Waals surface area contributed by atoms with Gasteiger partial charge in [-0.25, -0.2) is 0 Å². The molecule has 9 heteroatoms. The summed E-state index contributed by atoms with van der Waals surface area (Å²) in [5.74, 6) is -2.61. The Hall–Kier alpha value is -3.72. The van der Waals surface area contributed by atoms with Gasteiger partial charge in [-0.05, 0) is 31.4 Å². The number of carbonyl (C=O) groups excluding carboxylic acids is 1. The molecule has 166 valence electrons. The van der Waals surface area contributed by atoms with Crippen LogP contribution in [0.2, 0.25) is 0 Å². The molecule has 0 saturated heterocycles. The second-order valence-electron chi connectivity index (χ2n) is 6.77. The Morgan fingerprint density at radius 2 is 1.55 bits per heavy atom. The van der Waals surface area contributed by atoms with Gasteiger partial charge >= 0.3 is 11.9 Å². The van der Waals surface area contributed by atoms with Crippen LogP contribution in [0.5, 0.6) is 0 Å². The summed E-state index contributed by atoms with van der Waals surface area (Å²) in [5.41, 5.74) is 17.1. The monoisotopic (exact) mass is 428 g/mol. The Morgan fingerprint density at radius 1 is 0.935 bits per heavy atom. The quantitative estimate of drug-likeness (QED) is 0.172. The molecule has 0 spiro atoms. The average molecular weight is 428 g/mol. The molecular weight excluding hydrogens is 400 g/mol. The minimum Gasteiger partial charge on any atom is -0.481 e. The summed E-state index contributed by atoms with van der Waals surface area (Å²) >= 11 is 0. The number of carboxylic acid groups (broad SMARTS) is 2. The van der Waals surface area contributed by atoms with E-state index in [1.807, 2.05) is 6.07 Å². The summed E-state index contributed by atoms with van der Waals surface area (Å²) in [6.07, 6.45) is 0.956. The fourth-order valence-electron chi connectivity index (χ4n) is 2.49. The second kappa shape index (κ2) is 12.8. The highest BCUT2D eigenvalue weighted by Gasteiger charge is 2.16. The molecule has 8 N–H and O–H groups in total. The molecule has 2 aromatic carbocycles. The minimum absolute atomic E-state index is 0.0129. The Kier molecular flexibility index (Phi) is 10.4. The molecule has 31 heavy (non-hydrogen) atoms. The Labute approximate surface area is 180 Å². The number of hydrogen-bond donors (Lipinski definition) is 5. The van der Waals surface area contributed by atoms with Gasteiger partial charge in [0.25, 0.3) is 0 Å². The number of aliphatic carboxylic acids is 2. The molecule has 2 atom stereocenters. The van der Waals surface area contributed by atoms with Gasteiger partial charge in [0.05, 0.1) is 5.92 Å². The van der Waals surface area contributed by atoms with Crippen LogP contribution in [0.4, 0.5) is 0 Å². The first-order valence-electron chi connectivity index (χ1n) is 9.59. The van der Waals surface area contributed by atoms with Crippen LogP contribution in [0.1, 0.15) is 47.2 Å². The maximum absolute atomic E-state index is 12.2. The number of benzene rings is 2. The normalized spacial score (nSPS) is 11.9. The van der Waals surface area contributed by atoms with Gasteiger partial charge in [-0.3, -0.25) is 19.4 Å². The lowest BCUT2D eigenvalue weighted by molar-refractivity contribution is -0.139. The molecule has 0 aliphatic rings. The molecule has 0 fully saturated rings. The van der Waals surface area contributed by atoms with E-state index in [-0.39, 0.29) is 11.7 Å².